The Morgan fingerprint density at radius 3 is 1.55 bits per heavy atom. The van der Waals surface area contributed by atoms with E-state index in [1.54, 1.807) is 0 Å². The van der Waals surface area contributed by atoms with E-state index in [0.717, 1.165) is 19.6 Å². The highest BCUT2D eigenvalue weighted by Crippen LogP contribution is 2.21. The Kier molecular flexibility index (Phi) is 10.5. The minimum Gasteiger partial charge on any atom is -0.379 e. The third kappa shape index (κ3) is 17.9. The van der Waals surface area contributed by atoms with Crippen LogP contribution in [0.15, 0.2) is 0 Å². The summed E-state index contributed by atoms with van der Waals surface area (Å²) in [6.07, 6.45) is 3.65. The topological polar surface area (TPSA) is 27.7 Å². The molecule has 0 aliphatic carbocycles. The molecule has 0 aromatic carbocycles. The molecule has 0 atom stereocenters. The van der Waals surface area contributed by atoms with Crippen LogP contribution in [0.5, 0.6) is 0 Å². The van der Waals surface area contributed by atoms with Crippen molar-refractivity contribution in [2.45, 2.75) is 60.8 Å². The first-order valence-corrected chi connectivity index (χ1v) is 7.94. The average molecular weight is 288 g/mol. The van der Waals surface area contributed by atoms with Crippen molar-refractivity contribution in [3.05, 3.63) is 0 Å². The zero-order valence-corrected chi connectivity index (χ0v) is 14.6. The van der Waals surface area contributed by atoms with E-state index < -0.39 is 0 Å². The van der Waals surface area contributed by atoms with Gasteiger partial charge in [0, 0.05) is 6.61 Å². The highest BCUT2D eigenvalue weighted by molar-refractivity contribution is 4.60. The minimum absolute atomic E-state index is 0.232. The number of hydrogen-bond acceptors (Lipinski definition) is 3. The lowest BCUT2D eigenvalue weighted by Gasteiger charge is -2.18. The normalized spacial score (nSPS) is 12.9. The second-order valence-electron chi connectivity index (χ2n) is 7.86. The van der Waals surface area contributed by atoms with E-state index in [1.165, 1.54) is 12.8 Å². The van der Waals surface area contributed by atoms with Gasteiger partial charge in [0.25, 0.3) is 0 Å². The van der Waals surface area contributed by atoms with Crippen molar-refractivity contribution in [1.29, 1.82) is 0 Å². The summed E-state index contributed by atoms with van der Waals surface area (Å²) in [6.45, 7) is 17.7. The fourth-order valence-corrected chi connectivity index (χ4v) is 1.68. The van der Waals surface area contributed by atoms with Crippen LogP contribution >= 0.6 is 0 Å². The Balaban J connectivity index is 3.10. The van der Waals surface area contributed by atoms with Gasteiger partial charge in [-0.1, -0.05) is 48.0 Å². The van der Waals surface area contributed by atoms with Crippen LogP contribution in [0.2, 0.25) is 0 Å². The van der Waals surface area contributed by atoms with Gasteiger partial charge in [-0.2, -0.15) is 0 Å². The summed E-state index contributed by atoms with van der Waals surface area (Å²) in [5, 5.41) is 0. The second kappa shape index (κ2) is 10.6. The number of unbranched alkanes of at least 4 members (excludes halogenated alkanes) is 1. The van der Waals surface area contributed by atoms with Crippen molar-refractivity contribution in [1.82, 2.24) is 0 Å². The highest BCUT2D eigenvalue weighted by atomic mass is 16.5. The molecule has 0 aromatic heterocycles. The van der Waals surface area contributed by atoms with Crippen LogP contribution in [-0.2, 0) is 14.2 Å². The van der Waals surface area contributed by atoms with Crippen molar-refractivity contribution < 1.29 is 14.2 Å². The maximum Gasteiger partial charge on any atom is 0.0701 e. The summed E-state index contributed by atoms with van der Waals surface area (Å²) in [7, 11) is 0. The molecule has 3 nitrogen and oxygen atoms in total. The number of ether oxygens (including phenoxy) is 3. The Labute approximate surface area is 126 Å². The van der Waals surface area contributed by atoms with Gasteiger partial charge in [-0.05, 0) is 23.7 Å². The first-order chi connectivity index (χ1) is 9.21. The molecule has 0 saturated carbocycles. The zero-order valence-electron chi connectivity index (χ0n) is 14.6. The molecule has 20 heavy (non-hydrogen) atoms. The van der Waals surface area contributed by atoms with Crippen LogP contribution < -0.4 is 0 Å². The molecule has 0 heterocycles. The van der Waals surface area contributed by atoms with Crippen LogP contribution in [0.1, 0.15) is 60.8 Å². The molecule has 0 N–H and O–H groups in total. The predicted octanol–water partition coefficient (Wildman–Crippen LogP) is 4.30. The molecular formula is C17H36O3. The zero-order chi connectivity index (χ0) is 15.5. The molecular weight excluding hydrogens is 252 g/mol. The van der Waals surface area contributed by atoms with Crippen LogP contribution in [0.4, 0.5) is 0 Å². The van der Waals surface area contributed by atoms with Gasteiger partial charge in [-0.3, -0.25) is 0 Å². The minimum atomic E-state index is 0.232. The predicted molar refractivity (Wildman–Crippen MR) is 85.2 cm³/mol. The van der Waals surface area contributed by atoms with Crippen molar-refractivity contribution >= 4 is 0 Å². The first kappa shape index (κ1) is 19.9. The van der Waals surface area contributed by atoms with E-state index in [9.17, 15) is 0 Å². The molecule has 0 spiro atoms. The third-order valence-electron chi connectivity index (χ3n) is 2.74. The lowest BCUT2D eigenvalue weighted by Crippen LogP contribution is -2.17. The molecule has 0 fully saturated rings. The SMILES string of the molecule is CC(C)(C)CCCCOCCOCCOCC(C)(C)C. The second-order valence-corrected chi connectivity index (χ2v) is 7.86. The van der Waals surface area contributed by atoms with Gasteiger partial charge >= 0.3 is 0 Å². The first-order valence-electron chi connectivity index (χ1n) is 7.94. The van der Waals surface area contributed by atoms with Crippen LogP contribution in [0.25, 0.3) is 0 Å². The molecule has 0 bridgehead atoms. The molecule has 122 valence electrons. The summed E-state index contributed by atoms with van der Waals surface area (Å²) in [5.41, 5.74) is 0.673. The van der Waals surface area contributed by atoms with Crippen LogP contribution in [-0.4, -0.2) is 39.6 Å². The van der Waals surface area contributed by atoms with Crippen molar-refractivity contribution in [2.75, 3.05) is 39.6 Å². The Morgan fingerprint density at radius 1 is 0.550 bits per heavy atom. The Bertz CT molecular complexity index is 189. The molecule has 0 aliphatic heterocycles. The van der Waals surface area contributed by atoms with Crippen molar-refractivity contribution in [3.63, 3.8) is 0 Å². The Morgan fingerprint density at radius 2 is 1.05 bits per heavy atom. The molecule has 0 saturated heterocycles. The number of hydrogen-bond donors (Lipinski definition) is 0. The molecule has 0 aromatic rings. The fraction of sp³-hybridized carbons (Fsp3) is 1.00. The van der Waals surface area contributed by atoms with Crippen molar-refractivity contribution in [3.8, 4) is 0 Å². The number of rotatable bonds is 11. The van der Waals surface area contributed by atoms with Crippen molar-refractivity contribution in [2.24, 2.45) is 10.8 Å². The quantitative estimate of drug-likeness (QED) is 0.531. The van der Waals surface area contributed by atoms with E-state index in [4.69, 9.17) is 14.2 Å². The van der Waals surface area contributed by atoms with E-state index in [0.29, 0.717) is 31.8 Å². The van der Waals surface area contributed by atoms with Gasteiger partial charge < -0.3 is 14.2 Å². The Hall–Kier alpha value is -0.120. The largest absolute Gasteiger partial charge is 0.379 e. The molecule has 0 rings (SSSR count). The van der Waals surface area contributed by atoms with Gasteiger partial charge in [0.1, 0.15) is 0 Å². The molecule has 0 aliphatic rings. The third-order valence-corrected chi connectivity index (χ3v) is 2.74. The summed E-state index contributed by atoms with van der Waals surface area (Å²) in [6, 6.07) is 0. The van der Waals surface area contributed by atoms with Crippen LogP contribution in [0.3, 0.4) is 0 Å². The van der Waals surface area contributed by atoms with E-state index in [-0.39, 0.29) is 5.41 Å². The molecule has 0 amide bonds. The molecule has 0 unspecified atom stereocenters. The van der Waals surface area contributed by atoms with Gasteiger partial charge in [-0.25, -0.2) is 0 Å². The maximum atomic E-state index is 5.54. The summed E-state index contributed by atoms with van der Waals surface area (Å²) < 4.78 is 16.5. The molecule has 0 radical (unpaired) electrons. The van der Waals surface area contributed by atoms with E-state index in [1.807, 2.05) is 0 Å². The van der Waals surface area contributed by atoms with Gasteiger partial charge in [-0.15, -0.1) is 0 Å². The fourth-order valence-electron chi connectivity index (χ4n) is 1.68. The van der Waals surface area contributed by atoms with Crippen LogP contribution in [0, 0.1) is 10.8 Å². The monoisotopic (exact) mass is 288 g/mol. The lowest BCUT2D eigenvalue weighted by atomic mass is 9.90. The van der Waals surface area contributed by atoms with E-state index in [2.05, 4.69) is 41.5 Å². The summed E-state index contributed by atoms with van der Waals surface area (Å²) >= 11 is 0. The highest BCUT2D eigenvalue weighted by Gasteiger charge is 2.09. The average Bonchev–Trinajstić information content (AvgIpc) is 2.27. The maximum absolute atomic E-state index is 5.54. The molecule has 3 heteroatoms. The summed E-state index contributed by atoms with van der Waals surface area (Å²) in [5.74, 6) is 0. The standard InChI is InChI=1S/C17H36O3/c1-16(2,3)9-7-8-10-18-11-12-19-13-14-20-15-17(4,5)6/h7-15H2,1-6H3. The smallest absolute Gasteiger partial charge is 0.0701 e. The van der Waals surface area contributed by atoms with E-state index >= 15 is 0 Å². The lowest BCUT2D eigenvalue weighted by molar-refractivity contribution is -0.00121. The van der Waals surface area contributed by atoms with Gasteiger partial charge in [0.05, 0.1) is 33.0 Å². The summed E-state index contributed by atoms with van der Waals surface area (Å²) in [4.78, 5) is 0. The van der Waals surface area contributed by atoms with Gasteiger partial charge in [0.2, 0.25) is 0 Å². The van der Waals surface area contributed by atoms with Gasteiger partial charge in [0.15, 0.2) is 0 Å².